The molecule has 0 bridgehead atoms. The number of hydrogen-bond acceptors (Lipinski definition) is 5. The normalized spacial score (nSPS) is 14.4. The summed E-state index contributed by atoms with van der Waals surface area (Å²) in [5.41, 5.74) is 17.3. The molecule has 0 aliphatic carbocycles. The van der Waals surface area contributed by atoms with Crippen LogP contribution < -0.4 is 17.2 Å². The van der Waals surface area contributed by atoms with Crippen molar-refractivity contribution < 1.29 is 9.50 Å². The smallest absolute Gasteiger partial charge is 0.139 e. The van der Waals surface area contributed by atoms with Crippen molar-refractivity contribution in [2.45, 2.75) is 12.6 Å². The van der Waals surface area contributed by atoms with E-state index in [0.717, 1.165) is 6.26 Å². The summed E-state index contributed by atoms with van der Waals surface area (Å²) in [6, 6.07) is 5.46. The zero-order valence-corrected chi connectivity index (χ0v) is 11.3. The molecule has 0 radical (unpaired) electrons. The SMILES string of the molecule is N=C(N)C(N)=CC(=NCc1ccccc1F)C(N)/C=C\O. The predicted molar refractivity (Wildman–Crippen MR) is 81.5 cm³/mol. The minimum Gasteiger partial charge on any atom is -0.516 e. The number of aliphatic imine (C=N–C) groups is 1. The van der Waals surface area contributed by atoms with Gasteiger partial charge >= 0.3 is 0 Å². The summed E-state index contributed by atoms with van der Waals surface area (Å²) >= 11 is 0. The molecule has 0 saturated carbocycles. The first-order valence-electron chi connectivity index (χ1n) is 6.11. The lowest BCUT2D eigenvalue weighted by Crippen LogP contribution is -2.30. The van der Waals surface area contributed by atoms with Gasteiger partial charge in [0.1, 0.15) is 11.7 Å². The fraction of sp³-hybridized carbons (Fsp3) is 0.143. The number of halogens is 1. The number of rotatable bonds is 6. The van der Waals surface area contributed by atoms with E-state index in [2.05, 4.69) is 4.99 Å². The van der Waals surface area contributed by atoms with E-state index >= 15 is 0 Å². The summed E-state index contributed by atoms with van der Waals surface area (Å²) in [6.07, 6.45) is 3.39. The van der Waals surface area contributed by atoms with Crippen LogP contribution in [0.3, 0.4) is 0 Å². The highest BCUT2D eigenvalue weighted by molar-refractivity contribution is 6.06. The number of amidine groups is 1. The van der Waals surface area contributed by atoms with Gasteiger partial charge in [0.25, 0.3) is 0 Å². The maximum absolute atomic E-state index is 13.5. The van der Waals surface area contributed by atoms with Crippen LogP contribution in [0.5, 0.6) is 0 Å². The molecule has 112 valence electrons. The van der Waals surface area contributed by atoms with Gasteiger partial charge < -0.3 is 22.3 Å². The lowest BCUT2D eigenvalue weighted by molar-refractivity contribution is 0.471. The number of nitrogens with zero attached hydrogens (tertiary/aromatic N) is 1. The van der Waals surface area contributed by atoms with Crippen LogP contribution in [0.2, 0.25) is 0 Å². The third-order valence-corrected chi connectivity index (χ3v) is 2.64. The van der Waals surface area contributed by atoms with Crippen molar-refractivity contribution in [1.29, 1.82) is 5.41 Å². The largest absolute Gasteiger partial charge is 0.516 e. The molecule has 8 N–H and O–H groups in total. The Morgan fingerprint density at radius 2 is 2.05 bits per heavy atom. The van der Waals surface area contributed by atoms with Crippen molar-refractivity contribution in [2.24, 2.45) is 22.2 Å². The van der Waals surface area contributed by atoms with Crippen molar-refractivity contribution >= 4 is 11.5 Å². The summed E-state index contributed by atoms with van der Waals surface area (Å²) in [4.78, 5) is 4.18. The van der Waals surface area contributed by atoms with Gasteiger partial charge in [0.2, 0.25) is 0 Å². The van der Waals surface area contributed by atoms with Crippen LogP contribution in [0, 0.1) is 11.2 Å². The van der Waals surface area contributed by atoms with Gasteiger partial charge in [-0.15, -0.1) is 0 Å². The van der Waals surface area contributed by atoms with Gasteiger partial charge in [0.05, 0.1) is 30.3 Å². The molecule has 0 amide bonds. The van der Waals surface area contributed by atoms with Gasteiger partial charge in [0.15, 0.2) is 0 Å². The first-order valence-corrected chi connectivity index (χ1v) is 6.11. The van der Waals surface area contributed by atoms with E-state index in [-0.39, 0.29) is 29.6 Å². The second-order valence-corrected chi connectivity index (χ2v) is 4.21. The van der Waals surface area contributed by atoms with E-state index in [0.29, 0.717) is 5.56 Å². The average Bonchev–Trinajstić information content (AvgIpc) is 2.44. The Bertz CT molecular complexity index is 595. The molecule has 1 aromatic carbocycles. The number of nitrogens with one attached hydrogen (secondary N) is 1. The molecule has 1 rings (SSSR count). The molecule has 0 aliphatic heterocycles. The van der Waals surface area contributed by atoms with Crippen LogP contribution in [0.4, 0.5) is 4.39 Å². The highest BCUT2D eigenvalue weighted by Gasteiger charge is 2.08. The van der Waals surface area contributed by atoms with Gasteiger partial charge in [0, 0.05) is 5.56 Å². The highest BCUT2D eigenvalue weighted by Crippen LogP contribution is 2.08. The Labute approximate surface area is 122 Å². The molecule has 0 aliphatic rings. The maximum Gasteiger partial charge on any atom is 0.139 e. The lowest BCUT2D eigenvalue weighted by Gasteiger charge is -2.09. The van der Waals surface area contributed by atoms with E-state index in [1.54, 1.807) is 18.2 Å². The van der Waals surface area contributed by atoms with Crippen molar-refractivity contribution in [3.8, 4) is 0 Å². The second-order valence-electron chi connectivity index (χ2n) is 4.21. The van der Waals surface area contributed by atoms with Gasteiger partial charge in [-0.1, -0.05) is 18.2 Å². The van der Waals surface area contributed by atoms with Crippen molar-refractivity contribution in [1.82, 2.24) is 0 Å². The Balaban J connectivity index is 3.06. The van der Waals surface area contributed by atoms with Crippen LogP contribution in [0.1, 0.15) is 5.56 Å². The molecule has 21 heavy (non-hydrogen) atoms. The monoisotopic (exact) mass is 291 g/mol. The standard InChI is InChI=1S/C14H18FN5O/c15-10-4-2-1-3-9(10)8-20-13(11(16)5-6-21)7-12(17)14(18)19/h1-7,11,21H,8,16-17H2,(H3,18,19)/b6-5-,12-7?,20-13?. The molecular formula is C14H18FN5O. The van der Waals surface area contributed by atoms with Crippen molar-refractivity contribution in [3.05, 3.63) is 59.8 Å². The maximum atomic E-state index is 13.5. The van der Waals surface area contributed by atoms with Gasteiger partial charge in [-0.05, 0) is 18.2 Å². The molecule has 1 aromatic rings. The Morgan fingerprint density at radius 3 is 2.62 bits per heavy atom. The predicted octanol–water partition coefficient (Wildman–Crippen LogP) is 0.944. The van der Waals surface area contributed by atoms with Crippen molar-refractivity contribution in [2.75, 3.05) is 0 Å². The first kappa shape index (κ1) is 16.4. The van der Waals surface area contributed by atoms with Crippen molar-refractivity contribution in [3.63, 3.8) is 0 Å². The van der Waals surface area contributed by atoms with Crippen LogP contribution in [0.15, 0.2) is 53.4 Å². The van der Waals surface area contributed by atoms with Gasteiger partial charge in [-0.3, -0.25) is 10.4 Å². The van der Waals surface area contributed by atoms with Crippen LogP contribution in [-0.2, 0) is 6.54 Å². The van der Waals surface area contributed by atoms with Crippen LogP contribution in [-0.4, -0.2) is 22.7 Å². The molecule has 1 unspecified atom stereocenters. The van der Waals surface area contributed by atoms with E-state index < -0.39 is 6.04 Å². The summed E-state index contributed by atoms with van der Waals surface area (Å²) in [6.45, 7) is 0.0522. The number of aliphatic hydroxyl groups is 1. The number of nitrogens with two attached hydrogens (primary N) is 3. The van der Waals surface area contributed by atoms with Crippen LogP contribution in [0.25, 0.3) is 0 Å². The number of benzene rings is 1. The fourth-order valence-electron chi connectivity index (χ4n) is 1.48. The number of aliphatic hydroxyl groups excluding tert-OH is 1. The lowest BCUT2D eigenvalue weighted by atomic mass is 10.1. The number of hydrogen-bond donors (Lipinski definition) is 5. The fourth-order valence-corrected chi connectivity index (χ4v) is 1.48. The molecule has 1 atom stereocenters. The third kappa shape index (κ3) is 5.07. The molecule has 0 spiro atoms. The summed E-state index contributed by atoms with van der Waals surface area (Å²) in [5, 5.41) is 16.0. The zero-order valence-electron chi connectivity index (χ0n) is 11.3. The summed E-state index contributed by atoms with van der Waals surface area (Å²) in [5.74, 6) is -0.704. The minimum absolute atomic E-state index is 0.0101. The Morgan fingerprint density at radius 1 is 1.38 bits per heavy atom. The highest BCUT2D eigenvalue weighted by atomic mass is 19.1. The van der Waals surface area contributed by atoms with Gasteiger partial charge in [-0.2, -0.15) is 0 Å². The molecule has 6 nitrogen and oxygen atoms in total. The summed E-state index contributed by atoms with van der Waals surface area (Å²) < 4.78 is 13.5. The molecular weight excluding hydrogens is 273 g/mol. The molecule has 7 heteroatoms. The molecule has 0 saturated heterocycles. The quantitative estimate of drug-likeness (QED) is 0.303. The molecule has 0 aromatic heterocycles. The summed E-state index contributed by atoms with van der Waals surface area (Å²) in [7, 11) is 0. The van der Waals surface area contributed by atoms with E-state index in [9.17, 15) is 4.39 Å². The second kappa shape index (κ2) is 7.81. The van der Waals surface area contributed by atoms with Gasteiger partial charge in [-0.25, -0.2) is 4.39 Å². The minimum atomic E-state index is -0.750. The van der Waals surface area contributed by atoms with E-state index in [1.807, 2.05) is 0 Å². The third-order valence-electron chi connectivity index (χ3n) is 2.64. The Kier molecular flexibility index (Phi) is 6.09. The van der Waals surface area contributed by atoms with Crippen LogP contribution >= 0.6 is 0 Å². The Hall–Kier alpha value is -2.67. The first-order chi connectivity index (χ1) is 9.95. The van der Waals surface area contributed by atoms with E-state index in [1.165, 1.54) is 18.2 Å². The van der Waals surface area contributed by atoms with E-state index in [4.69, 9.17) is 27.7 Å². The molecule has 0 heterocycles. The average molecular weight is 291 g/mol. The topological polar surface area (TPSA) is 134 Å². The molecule has 0 fully saturated rings. The zero-order chi connectivity index (χ0) is 15.8.